The second-order valence-electron chi connectivity index (χ2n) is 5.97. The molecule has 3 nitrogen and oxygen atoms in total. The maximum absolute atomic E-state index is 4.84. The van der Waals surface area contributed by atoms with Crippen LogP contribution in [0, 0.1) is 0 Å². The van der Waals surface area contributed by atoms with Gasteiger partial charge in [0.05, 0.1) is 5.69 Å². The van der Waals surface area contributed by atoms with Crippen molar-refractivity contribution in [2.45, 2.75) is 59.0 Å². The SMILES string of the molecule is CC(C)n1c(C(C)(C)C)nc2c1CCNC2. The van der Waals surface area contributed by atoms with Crippen molar-refractivity contribution in [2.24, 2.45) is 0 Å². The Labute approximate surface area is 98.3 Å². The van der Waals surface area contributed by atoms with E-state index in [0.29, 0.717) is 6.04 Å². The molecule has 0 aromatic carbocycles. The Kier molecular flexibility index (Phi) is 2.82. The Hall–Kier alpha value is -0.830. The fraction of sp³-hybridized carbons (Fsp3) is 0.769. The number of nitrogens with zero attached hydrogens (tertiary/aromatic N) is 2. The predicted octanol–water partition coefficient (Wildman–Crippen LogP) is 2.41. The van der Waals surface area contributed by atoms with E-state index in [0.717, 1.165) is 19.5 Å². The largest absolute Gasteiger partial charge is 0.329 e. The standard InChI is InChI=1S/C13H23N3/c1-9(2)16-11-6-7-14-8-10(11)15-12(16)13(3,4)5/h9,14H,6-8H2,1-5H3. The topological polar surface area (TPSA) is 29.9 Å². The molecule has 0 atom stereocenters. The molecule has 0 spiro atoms. The molecule has 0 saturated carbocycles. The van der Waals surface area contributed by atoms with Gasteiger partial charge in [0, 0.05) is 36.7 Å². The molecule has 0 bridgehead atoms. The molecular formula is C13H23N3. The average Bonchev–Trinajstić information content (AvgIpc) is 2.55. The van der Waals surface area contributed by atoms with Gasteiger partial charge in [0.1, 0.15) is 5.82 Å². The summed E-state index contributed by atoms with van der Waals surface area (Å²) in [6, 6.07) is 0.503. The van der Waals surface area contributed by atoms with Crippen molar-refractivity contribution >= 4 is 0 Å². The van der Waals surface area contributed by atoms with Crippen LogP contribution in [0.1, 0.15) is 57.9 Å². The molecule has 0 fully saturated rings. The lowest BCUT2D eigenvalue weighted by molar-refractivity contribution is 0.457. The van der Waals surface area contributed by atoms with Crippen molar-refractivity contribution in [3.05, 3.63) is 17.2 Å². The van der Waals surface area contributed by atoms with Crippen LogP contribution in [-0.2, 0) is 18.4 Å². The van der Waals surface area contributed by atoms with Crippen LogP contribution in [0.5, 0.6) is 0 Å². The summed E-state index contributed by atoms with van der Waals surface area (Å²) in [4.78, 5) is 4.84. The monoisotopic (exact) mass is 221 g/mol. The number of fused-ring (bicyclic) bond motifs is 1. The highest BCUT2D eigenvalue weighted by Gasteiger charge is 2.27. The third kappa shape index (κ3) is 1.88. The maximum Gasteiger partial charge on any atom is 0.114 e. The van der Waals surface area contributed by atoms with E-state index in [1.54, 1.807) is 0 Å². The molecule has 1 aromatic rings. The van der Waals surface area contributed by atoms with Gasteiger partial charge >= 0.3 is 0 Å². The Bertz CT molecular complexity index is 383. The molecule has 0 saturated heterocycles. The van der Waals surface area contributed by atoms with E-state index in [1.807, 2.05) is 0 Å². The quantitative estimate of drug-likeness (QED) is 0.789. The van der Waals surface area contributed by atoms with E-state index in [1.165, 1.54) is 17.2 Å². The minimum atomic E-state index is 0.127. The first-order valence-corrected chi connectivity index (χ1v) is 6.22. The van der Waals surface area contributed by atoms with Gasteiger partial charge in [0.2, 0.25) is 0 Å². The summed E-state index contributed by atoms with van der Waals surface area (Å²) < 4.78 is 2.44. The molecule has 1 aromatic heterocycles. The van der Waals surface area contributed by atoms with Crippen molar-refractivity contribution < 1.29 is 0 Å². The van der Waals surface area contributed by atoms with Gasteiger partial charge in [0.15, 0.2) is 0 Å². The Balaban J connectivity index is 2.56. The summed E-state index contributed by atoms with van der Waals surface area (Å²) in [6.07, 6.45) is 1.11. The average molecular weight is 221 g/mol. The molecular weight excluding hydrogens is 198 g/mol. The lowest BCUT2D eigenvalue weighted by atomic mass is 9.95. The third-order valence-electron chi connectivity index (χ3n) is 3.11. The van der Waals surface area contributed by atoms with Gasteiger partial charge in [0.25, 0.3) is 0 Å². The lowest BCUT2D eigenvalue weighted by Gasteiger charge is -2.24. The molecule has 0 aliphatic carbocycles. The minimum Gasteiger partial charge on any atom is -0.329 e. The molecule has 0 amide bonds. The van der Waals surface area contributed by atoms with Gasteiger partial charge in [-0.2, -0.15) is 0 Å². The molecule has 1 N–H and O–H groups in total. The van der Waals surface area contributed by atoms with E-state index in [-0.39, 0.29) is 5.41 Å². The first-order valence-electron chi connectivity index (χ1n) is 6.22. The van der Waals surface area contributed by atoms with Crippen LogP contribution in [0.25, 0.3) is 0 Å². The van der Waals surface area contributed by atoms with Crippen LogP contribution in [0.2, 0.25) is 0 Å². The second kappa shape index (κ2) is 3.88. The molecule has 0 unspecified atom stereocenters. The van der Waals surface area contributed by atoms with E-state index < -0.39 is 0 Å². The van der Waals surface area contributed by atoms with Gasteiger partial charge < -0.3 is 9.88 Å². The van der Waals surface area contributed by atoms with Crippen molar-refractivity contribution in [3.63, 3.8) is 0 Å². The fourth-order valence-electron chi connectivity index (χ4n) is 2.42. The first kappa shape index (κ1) is 11.6. The zero-order valence-corrected chi connectivity index (χ0v) is 11.1. The highest BCUT2D eigenvalue weighted by Crippen LogP contribution is 2.29. The molecule has 1 aliphatic heterocycles. The van der Waals surface area contributed by atoms with Crippen LogP contribution in [0.3, 0.4) is 0 Å². The maximum atomic E-state index is 4.84. The summed E-state index contributed by atoms with van der Waals surface area (Å²) in [5.74, 6) is 1.23. The fourth-order valence-corrected chi connectivity index (χ4v) is 2.42. The number of nitrogens with one attached hydrogen (secondary N) is 1. The number of hydrogen-bond donors (Lipinski definition) is 1. The van der Waals surface area contributed by atoms with Crippen LogP contribution in [0.15, 0.2) is 0 Å². The number of rotatable bonds is 1. The predicted molar refractivity (Wildman–Crippen MR) is 66.7 cm³/mol. The van der Waals surface area contributed by atoms with Crippen LogP contribution in [-0.4, -0.2) is 16.1 Å². The number of hydrogen-bond acceptors (Lipinski definition) is 2. The van der Waals surface area contributed by atoms with E-state index in [4.69, 9.17) is 4.98 Å². The molecule has 90 valence electrons. The zero-order chi connectivity index (χ0) is 11.9. The first-order chi connectivity index (χ1) is 7.41. The zero-order valence-electron chi connectivity index (χ0n) is 11.1. The van der Waals surface area contributed by atoms with Crippen LogP contribution in [0.4, 0.5) is 0 Å². The Morgan fingerprint density at radius 1 is 1.31 bits per heavy atom. The molecule has 0 radical (unpaired) electrons. The normalized spacial score (nSPS) is 16.6. The smallest absolute Gasteiger partial charge is 0.114 e. The van der Waals surface area contributed by atoms with E-state index in [2.05, 4.69) is 44.5 Å². The summed E-state index contributed by atoms with van der Waals surface area (Å²) in [7, 11) is 0. The van der Waals surface area contributed by atoms with Gasteiger partial charge in [-0.1, -0.05) is 20.8 Å². The molecule has 2 rings (SSSR count). The van der Waals surface area contributed by atoms with Crippen molar-refractivity contribution in [2.75, 3.05) is 6.54 Å². The lowest BCUT2D eigenvalue weighted by Crippen LogP contribution is -2.26. The van der Waals surface area contributed by atoms with Crippen molar-refractivity contribution in [1.29, 1.82) is 0 Å². The summed E-state index contributed by atoms with van der Waals surface area (Å²) in [5, 5.41) is 3.40. The van der Waals surface area contributed by atoms with Gasteiger partial charge in [-0.15, -0.1) is 0 Å². The van der Waals surface area contributed by atoms with Gasteiger partial charge in [-0.3, -0.25) is 0 Å². The summed E-state index contributed by atoms with van der Waals surface area (Å²) in [6.45, 7) is 13.2. The minimum absolute atomic E-state index is 0.127. The third-order valence-corrected chi connectivity index (χ3v) is 3.11. The molecule has 2 heterocycles. The number of aromatic nitrogens is 2. The highest BCUT2D eigenvalue weighted by molar-refractivity contribution is 5.24. The van der Waals surface area contributed by atoms with Crippen molar-refractivity contribution in [1.82, 2.24) is 14.9 Å². The Morgan fingerprint density at radius 2 is 2.00 bits per heavy atom. The Morgan fingerprint density at radius 3 is 2.56 bits per heavy atom. The van der Waals surface area contributed by atoms with Crippen LogP contribution >= 0.6 is 0 Å². The molecule has 3 heteroatoms. The summed E-state index contributed by atoms with van der Waals surface area (Å²) in [5.41, 5.74) is 2.82. The number of imidazole rings is 1. The van der Waals surface area contributed by atoms with Crippen molar-refractivity contribution in [3.8, 4) is 0 Å². The van der Waals surface area contributed by atoms with Crippen LogP contribution < -0.4 is 5.32 Å². The van der Waals surface area contributed by atoms with Gasteiger partial charge in [-0.05, 0) is 13.8 Å². The molecule has 16 heavy (non-hydrogen) atoms. The summed E-state index contributed by atoms with van der Waals surface area (Å²) >= 11 is 0. The van der Waals surface area contributed by atoms with E-state index >= 15 is 0 Å². The van der Waals surface area contributed by atoms with Gasteiger partial charge in [-0.25, -0.2) is 4.98 Å². The molecule has 1 aliphatic rings. The van der Waals surface area contributed by atoms with E-state index in [9.17, 15) is 0 Å². The highest BCUT2D eigenvalue weighted by atomic mass is 15.1. The second-order valence-corrected chi connectivity index (χ2v) is 5.97.